The molecule has 0 aromatic heterocycles. The fourth-order valence-corrected chi connectivity index (χ4v) is 3.42. The maximum absolute atomic E-state index is 13.6. The van der Waals surface area contributed by atoms with Crippen LogP contribution in [0.25, 0.3) is 0 Å². The van der Waals surface area contributed by atoms with Crippen molar-refractivity contribution in [2.24, 2.45) is 5.10 Å². The SMILES string of the molecule is FC(F)(F)c1ccccc1[C@@H]1CC(c2ccccc2)=NN1c1ccccc1. The van der Waals surface area contributed by atoms with E-state index < -0.39 is 17.8 Å². The average Bonchev–Trinajstić information content (AvgIpc) is 3.14. The number of anilines is 1. The molecule has 4 rings (SSSR count). The van der Waals surface area contributed by atoms with E-state index in [1.807, 2.05) is 60.7 Å². The highest BCUT2D eigenvalue weighted by Gasteiger charge is 2.39. The molecule has 0 amide bonds. The fraction of sp³-hybridized carbons (Fsp3) is 0.136. The molecular formula is C22H17F3N2. The molecule has 0 radical (unpaired) electrons. The number of alkyl halides is 3. The lowest BCUT2D eigenvalue weighted by atomic mass is 9.94. The highest BCUT2D eigenvalue weighted by atomic mass is 19.4. The van der Waals surface area contributed by atoms with Crippen molar-refractivity contribution >= 4 is 11.4 Å². The van der Waals surface area contributed by atoms with Crippen LogP contribution in [0.5, 0.6) is 0 Å². The summed E-state index contributed by atoms with van der Waals surface area (Å²) < 4.78 is 40.8. The third-order valence-electron chi connectivity index (χ3n) is 4.66. The van der Waals surface area contributed by atoms with E-state index in [1.165, 1.54) is 6.07 Å². The van der Waals surface area contributed by atoms with Gasteiger partial charge >= 0.3 is 6.18 Å². The molecule has 1 atom stereocenters. The van der Waals surface area contributed by atoms with Crippen molar-refractivity contribution in [3.8, 4) is 0 Å². The van der Waals surface area contributed by atoms with E-state index in [9.17, 15) is 13.2 Å². The Labute approximate surface area is 155 Å². The minimum atomic E-state index is -4.41. The van der Waals surface area contributed by atoms with Gasteiger partial charge in [-0.2, -0.15) is 18.3 Å². The first-order valence-corrected chi connectivity index (χ1v) is 8.67. The van der Waals surface area contributed by atoms with Crippen molar-refractivity contribution in [1.29, 1.82) is 0 Å². The quantitative estimate of drug-likeness (QED) is 0.550. The van der Waals surface area contributed by atoms with Gasteiger partial charge in [0.1, 0.15) is 0 Å². The fourth-order valence-electron chi connectivity index (χ4n) is 3.42. The summed E-state index contributed by atoms with van der Waals surface area (Å²) in [6.45, 7) is 0. The second kappa shape index (κ2) is 6.91. The number of hydrazone groups is 1. The Morgan fingerprint density at radius 3 is 2.04 bits per heavy atom. The molecule has 0 spiro atoms. The van der Waals surface area contributed by atoms with Gasteiger partial charge in [-0.1, -0.05) is 66.7 Å². The number of rotatable bonds is 3. The Morgan fingerprint density at radius 2 is 1.37 bits per heavy atom. The van der Waals surface area contributed by atoms with Gasteiger partial charge in [0.05, 0.1) is 23.0 Å². The van der Waals surface area contributed by atoms with Crippen molar-refractivity contribution in [1.82, 2.24) is 0 Å². The maximum Gasteiger partial charge on any atom is 0.416 e. The molecule has 0 saturated heterocycles. The largest absolute Gasteiger partial charge is 0.416 e. The molecule has 1 aliphatic heterocycles. The van der Waals surface area contributed by atoms with E-state index in [4.69, 9.17) is 5.10 Å². The van der Waals surface area contributed by atoms with Crippen molar-refractivity contribution in [3.05, 3.63) is 102 Å². The molecule has 27 heavy (non-hydrogen) atoms. The highest BCUT2D eigenvalue weighted by Crippen LogP contribution is 2.42. The Balaban J connectivity index is 1.81. The highest BCUT2D eigenvalue weighted by molar-refractivity contribution is 6.03. The monoisotopic (exact) mass is 366 g/mol. The number of nitrogens with zero attached hydrogens (tertiary/aromatic N) is 2. The molecule has 0 unspecified atom stereocenters. The number of para-hydroxylation sites is 1. The van der Waals surface area contributed by atoms with E-state index in [-0.39, 0.29) is 5.56 Å². The summed E-state index contributed by atoms with van der Waals surface area (Å²) in [5, 5.41) is 6.39. The zero-order valence-electron chi connectivity index (χ0n) is 14.4. The molecule has 1 heterocycles. The number of hydrogen-bond donors (Lipinski definition) is 0. The van der Waals surface area contributed by atoms with Gasteiger partial charge in [0.2, 0.25) is 0 Å². The van der Waals surface area contributed by atoms with Gasteiger partial charge < -0.3 is 0 Å². The average molecular weight is 366 g/mol. The smallest absolute Gasteiger partial charge is 0.257 e. The Hall–Kier alpha value is -3.08. The van der Waals surface area contributed by atoms with E-state index >= 15 is 0 Å². The topological polar surface area (TPSA) is 15.6 Å². The van der Waals surface area contributed by atoms with Crippen LogP contribution in [0.4, 0.5) is 18.9 Å². The van der Waals surface area contributed by atoms with Gasteiger partial charge in [0.25, 0.3) is 0 Å². The summed E-state index contributed by atoms with van der Waals surface area (Å²) in [7, 11) is 0. The van der Waals surface area contributed by atoms with Crippen molar-refractivity contribution in [2.45, 2.75) is 18.6 Å². The second-order valence-corrected chi connectivity index (χ2v) is 6.40. The number of benzene rings is 3. The lowest BCUT2D eigenvalue weighted by molar-refractivity contribution is -0.138. The van der Waals surface area contributed by atoms with E-state index in [2.05, 4.69) is 0 Å². The lowest BCUT2D eigenvalue weighted by Crippen LogP contribution is -2.22. The van der Waals surface area contributed by atoms with Crippen LogP contribution in [-0.4, -0.2) is 5.71 Å². The Bertz CT molecular complexity index is 950. The van der Waals surface area contributed by atoms with Crippen molar-refractivity contribution < 1.29 is 13.2 Å². The van der Waals surface area contributed by atoms with E-state index in [1.54, 1.807) is 17.1 Å². The molecule has 0 aliphatic carbocycles. The molecule has 3 aromatic rings. The van der Waals surface area contributed by atoms with Crippen LogP contribution in [0, 0.1) is 0 Å². The van der Waals surface area contributed by atoms with Gasteiger partial charge in [0, 0.05) is 6.42 Å². The third kappa shape index (κ3) is 3.45. The minimum Gasteiger partial charge on any atom is -0.257 e. The number of hydrogen-bond acceptors (Lipinski definition) is 2. The molecule has 136 valence electrons. The summed E-state index contributed by atoms with van der Waals surface area (Å²) >= 11 is 0. The van der Waals surface area contributed by atoms with Crippen LogP contribution >= 0.6 is 0 Å². The summed E-state index contributed by atoms with van der Waals surface area (Å²) in [6, 6.07) is 24.1. The molecule has 5 heteroatoms. The first-order valence-electron chi connectivity index (χ1n) is 8.67. The summed E-state index contributed by atoms with van der Waals surface area (Å²) in [4.78, 5) is 0. The molecule has 0 bridgehead atoms. The molecule has 1 aliphatic rings. The third-order valence-corrected chi connectivity index (χ3v) is 4.66. The number of halogens is 3. The van der Waals surface area contributed by atoms with Gasteiger partial charge in [-0.25, -0.2) is 0 Å². The standard InChI is InChI=1S/C22H17F3N2/c23-22(24,25)19-14-8-7-13-18(19)21-15-20(16-9-3-1-4-10-16)26-27(21)17-11-5-2-6-12-17/h1-14,21H,15H2/t21-/m0/s1. The lowest BCUT2D eigenvalue weighted by Gasteiger charge is -2.26. The van der Waals surface area contributed by atoms with Crippen LogP contribution in [0.2, 0.25) is 0 Å². The van der Waals surface area contributed by atoms with Gasteiger partial charge in [-0.05, 0) is 29.3 Å². The predicted molar refractivity (Wildman–Crippen MR) is 101 cm³/mol. The Kier molecular flexibility index (Phi) is 4.44. The van der Waals surface area contributed by atoms with Crippen molar-refractivity contribution in [2.75, 3.05) is 5.01 Å². The van der Waals surface area contributed by atoms with Crippen LogP contribution in [0.1, 0.15) is 29.2 Å². The van der Waals surface area contributed by atoms with Gasteiger partial charge in [-0.3, -0.25) is 5.01 Å². The van der Waals surface area contributed by atoms with Crippen LogP contribution in [0.3, 0.4) is 0 Å². The molecule has 0 fully saturated rings. The van der Waals surface area contributed by atoms with Gasteiger partial charge in [0.15, 0.2) is 0 Å². The summed E-state index contributed by atoms with van der Waals surface area (Å²) in [5.41, 5.74) is 2.10. The summed E-state index contributed by atoms with van der Waals surface area (Å²) in [6.07, 6.45) is -4.00. The van der Waals surface area contributed by atoms with Crippen molar-refractivity contribution in [3.63, 3.8) is 0 Å². The normalized spacial score (nSPS) is 17.1. The maximum atomic E-state index is 13.6. The van der Waals surface area contributed by atoms with Crippen LogP contribution < -0.4 is 5.01 Å². The molecule has 2 nitrogen and oxygen atoms in total. The van der Waals surface area contributed by atoms with Gasteiger partial charge in [-0.15, -0.1) is 0 Å². The zero-order valence-corrected chi connectivity index (χ0v) is 14.4. The first-order chi connectivity index (χ1) is 13.0. The van der Waals surface area contributed by atoms with E-state index in [0.717, 1.165) is 23.0 Å². The van der Waals surface area contributed by atoms with Crippen LogP contribution in [0.15, 0.2) is 90.0 Å². The first kappa shape index (κ1) is 17.3. The Morgan fingerprint density at radius 1 is 0.778 bits per heavy atom. The predicted octanol–water partition coefficient (Wildman–Crippen LogP) is 6.06. The van der Waals surface area contributed by atoms with E-state index in [0.29, 0.717) is 6.42 Å². The second-order valence-electron chi connectivity index (χ2n) is 6.40. The zero-order chi connectivity index (χ0) is 18.9. The molecular weight excluding hydrogens is 349 g/mol. The molecule has 0 N–H and O–H groups in total. The summed E-state index contributed by atoms with van der Waals surface area (Å²) in [5.74, 6) is 0. The molecule has 0 saturated carbocycles. The minimum absolute atomic E-state index is 0.239. The molecule has 3 aromatic carbocycles. The van der Waals surface area contributed by atoms with Crippen LogP contribution in [-0.2, 0) is 6.18 Å².